The van der Waals surface area contributed by atoms with E-state index in [1.807, 2.05) is 12.1 Å². The van der Waals surface area contributed by atoms with Crippen LogP contribution in [-0.2, 0) is 4.79 Å². The van der Waals surface area contributed by atoms with Gasteiger partial charge in [-0.15, -0.1) is 0 Å². The number of benzene rings is 1. The predicted octanol–water partition coefficient (Wildman–Crippen LogP) is 3.92. The van der Waals surface area contributed by atoms with E-state index < -0.39 is 0 Å². The fraction of sp³-hybridized carbons (Fsp3) is 0.611. The Morgan fingerprint density at radius 2 is 2.09 bits per heavy atom. The Morgan fingerprint density at radius 1 is 1.36 bits per heavy atom. The van der Waals surface area contributed by atoms with Gasteiger partial charge in [0.05, 0.1) is 18.5 Å². The van der Waals surface area contributed by atoms with Crippen LogP contribution in [0.15, 0.2) is 18.2 Å². The van der Waals surface area contributed by atoms with Gasteiger partial charge in [-0.25, -0.2) is 0 Å². The Hall–Kier alpha value is -1.71. The lowest BCUT2D eigenvalue weighted by Crippen LogP contribution is -2.36. The summed E-state index contributed by atoms with van der Waals surface area (Å²) in [5.41, 5.74) is 7.21. The van der Waals surface area contributed by atoms with Gasteiger partial charge in [0.15, 0.2) is 0 Å². The Bertz CT molecular complexity index is 528. The zero-order valence-electron chi connectivity index (χ0n) is 14.1. The molecule has 0 aromatic heterocycles. The fourth-order valence-electron chi connectivity index (χ4n) is 3.51. The Balaban J connectivity index is 2.12. The molecule has 2 rings (SSSR count). The summed E-state index contributed by atoms with van der Waals surface area (Å²) in [6.45, 7) is 6.66. The van der Waals surface area contributed by atoms with Crippen molar-refractivity contribution >= 4 is 17.3 Å². The first-order valence-corrected chi connectivity index (χ1v) is 8.16. The van der Waals surface area contributed by atoms with E-state index in [0.29, 0.717) is 34.9 Å². The number of methoxy groups -OCH3 is 1. The highest BCUT2D eigenvalue weighted by Crippen LogP contribution is 2.39. The smallest absolute Gasteiger partial charge is 0.227 e. The first-order chi connectivity index (χ1) is 10.4. The van der Waals surface area contributed by atoms with E-state index in [2.05, 4.69) is 26.1 Å². The van der Waals surface area contributed by atoms with Crippen LogP contribution in [0.1, 0.15) is 40.0 Å². The standard InChI is InChI=1S/C18H28N2O2/c1-11(2)14-7-5-12(3)9-15(14)18(21)20-17-8-6-13(22-4)10-16(17)19/h6,8,10-12,14-15H,5,7,9,19H2,1-4H3,(H,20,21). The molecule has 122 valence electrons. The zero-order valence-corrected chi connectivity index (χ0v) is 14.1. The summed E-state index contributed by atoms with van der Waals surface area (Å²) in [4.78, 5) is 12.7. The third-order valence-corrected chi connectivity index (χ3v) is 4.88. The van der Waals surface area contributed by atoms with Crippen LogP contribution < -0.4 is 15.8 Å². The number of amides is 1. The van der Waals surface area contributed by atoms with E-state index in [9.17, 15) is 4.79 Å². The molecule has 1 saturated carbocycles. The molecule has 1 aromatic rings. The Labute approximate surface area is 133 Å². The van der Waals surface area contributed by atoms with Gasteiger partial charge >= 0.3 is 0 Å². The third-order valence-electron chi connectivity index (χ3n) is 4.88. The van der Waals surface area contributed by atoms with E-state index in [0.717, 1.165) is 12.8 Å². The monoisotopic (exact) mass is 304 g/mol. The normalized spacial score (nSPS) is 25.0. The van der Waals surface area contributed by atoms with Gasteiger partial charge in [-0.05, 0) is 42.7 Å². The van der Waals surface area contributed by atoms with Gasteiger partial charge < -0.3 is 15.8 Å². The molecule has 0 saturated heterocycles. The van der Waals surface area contributed by atoms with Gasteiger partial charge in [0.2, 0.25) is 5.91 Å². The first kappa shape index (κ1) is 16.7. The lowest BCUT2D eigenvalue weighted by molar-refractivity contribution is -0.123. The predicted molar refractivity (Wildman–Crippen MR) is 90.9 cm³/mol. The molecule has 0 spiro atoms. The van der Waals surface area contributed by atoms with Crippen molar-refractivity contribution in [2.45, 2.75) is 40.0 Å². The second-order valence-corrected chi connectivity index (χ2v) is 6.88. The lowest BCUT2D eigenvalue weighted by atomic mass is 9.70. The highest BCUT2D eigenvalue weighted by molar-refractivity contribution is 5.95. The summed E-state index contributed by atoms with van der Waals surface area (Å²) in [7, 11) is 1.60. The molecular formula is C18H28N2O2. The van der Waals surface area contributed by atoms with Crippen LogP contribution in [-0.4, -0.2) is 13.0 Å². The molecule has 1 aliphatic carbocycles. The number of anilines is 2. The lowest BCUT2D eigenvalue weighted by Gasteiger charge is -2.36. The number of nitrogens with one attached hydrogen (secondary N) is 1. The highest BCUT2D eigenvalue weighted by atomic mass is 16.5. The van der Waals surface area contributed by atoms with E-state index in [4.69, 9.17) is 10.5 Å². The molecule has 0 aliphatic heterocycles. The molecule has 1 aliphatic rings. The van der Waals surface area contributed by atoms with Crippen molar-refractivity contribution in [2.24, 2.45) is 23.7 Å². The molecular weight excluding hydrogens is 276 g/mol. The van der Waals surface area contributed by atoms with Crippen LogP contribution in [0.3, 0.4) is 0 Å². The third kappa shape index (κ3) is 3.73. The number of carbonyl (C=O) groups is 1. The van der Waals surface area contributed by atoms with Crippen LogP contribution in [0.5, 0.6) is 5.75 Å². The maximum atomic E-state index is 12.7. The summed E-state index contributed by atoms with van der Waals surface area (Å²) in [6, 6.07) is 5.36. The van der Waals surface area contributed by atoms with Crippen molar-refractivity contribution in [3.05, 3.63) is 18.2 Å². The van der Waals surface area contributed by atoms with Crippen LogP contribution >= 0.6 is 0 Å². The average Bonchev–Trinajstić information content (AvgIpc) is 2.48. The van der Waals surface area contributed by atoms with Gasteiger partial charge in [0.25, 0.3) is 0 Å². The Kier molecular flexibility index (Phi) is 5.33. The molecule has 4 nitrogen and oxygen atoms in total. The van der Waals surface area contributed by atoms with Crippen LogP contribution in [0, 0.1) is 23.7 Å². The second kappa shape index (κ2) is 7.03. The second-order valence-electron chi connectivity index (χ2n) is 6.88. The largest absolute Gasteiger partial charge is 0.497 e. The van der Waals surface area contributed by atoms with Gasteiger partial charge in [0.1, 0.15) is 5.75 Å². The van der Waals surface area contributed by atoms with Crippen LogP contribution in [0.25, 0.3) is 0 Å². The number of nitrogens with two attached hydrogens (primary N) is 1. The molecule has 1 aromatic carbocycles. The van der Waals surface area contributed by atoms with Gasteiger partial charge in [-0.1, -0.05) is 27.2 Å². The topological polar surface area (TPSA) is 64.3 Å². The highest BCUT2D eigenvalue weighted by Gasteiger charge is 2.35. The summed E-state index contributed by atoms with van der Waals surface area (Å²) < 4.78 is 5.14. The van der Waals surface area contributed by atoms with Crippen molar-refractivity contribution in [2.75, 3.05) is 18.2 Å². The quantitative estimate of drug-likeness (QED) is 0.829. The molecule has 0 heterocycles. The van der Waals surface area contributed by atoms with Crippen molar-refractivity contribution < 1.29 is 9.53 Å². The van der Waals surface area contributed by atoms with E-state index in [1.165, 1.54) is 6.42 Å². The van der Waals surface area contributed by atoms with E-state index in [1.54, 1.807) is 13.2 Å². The molecule has 3 atom stereocenters. The van der Waals surface area contributed by atoms with Gasteiger partial charge in [-0.3, -0.25) is 4.79 Å². The molecule has 22 heavy (non-hydrogen) atoms. The number of hydrogen-bond donors (Lipinski definition) is 2. The van der Waals surface area contributed by atoms with E-state index >= 15 is 0 Å². The summed E-state index contributed by atoms with van der Waals surface area (Å²) in [5, 5.41) is 3.02. The van der Waals surface area contributed by atoms with Crippen molar-refractivity contribution in [1.82, 2.24) is 0 Å². The average molecular weight is 304 g/mol. The molecule has 1 fully saturated rings. The Morgan fingerprint density at radius 3 is 2.68 bits per heavy atom. The zero-order chi connectivity index (χ0) is 16.3. The van der Waals surface area contributed by atoms with Crippen LogP contribution in [0.2, 0.25) is 0 Å². The number of nitrogen functional groups attached to an aromatic ring is 1. The first-order valence-electron chi connectivity index (χ1n) is 8.16. The maximum absolute atomic E-state index is 12.7. The minimum Gasteiger partial charge on any atom is -0.497 e. The van der Waals surface area contributed by atoms with E-state index in [-0.39, 0.29) is 11.8 Å². The van der Waals surface area contributed by atoms with Crippen molar-refractivity contribution in [1.29, 1.82) is 0 Å². The number of rotatable bonds is 4. The van der Waals surface area contributed by atoms with Gasteiger partial charge in [-0.2, -0.15) is 0 Å². The molecule has 0 radical (unpaired) electrons. The summed E-state index contributed by atoms with van der Waals surface area (Å²) >= 11 is 0. The van der Waals surface area contributed by atoms with Gasteiger partial charge in [0, 0.05) is 12.0 Å². The fourth-order valence-corrected chi connectivity index (χ4v) is 3.51. The maximum Gasteiger partial charge on any atom is 0.227 e. The number of ether oxygens (including phenoxy) is 1. The van der Waals surface area contributed by atoms with Crippen molar-refractivity contribution in [3.63, 3.8) is 0 Å². The minimum atomic E-state index is 0.0743. The molecule has 0 bridgehead atoms. The summed E-state index contributed by atoms with van der Waals surface area (Å²) in [5.74, 6) is 2.46. The molecule has 1 amide bonds. The molecule has 3 unspecified atom stereocenters. The molecule has 3 N–H and O–H groups in total. The summed E-state index contributed by atoms with van der Waals surface area (Å²) in [6.07, 6.45) is 3.32. The number of hydrogen-bond acceptors (Lipinski definition) is 3. The molecule has 4 heteroatoms. The van der Waals surface area contributed by atoms with Crippen LogP contribution in [0.4, 0.5) is 11.4 Å². The minimum absolute atomic E-state index is 0.0743. The number of carbonyl (C=O) groups excluding carboxylic acids is 1. The van der Waals surface area contributed by atoms with Crippen molar-refractivity contribution in [3.8, 4) is 5.75 Å². The SMILES string of the molecule is COc1ccc(NC(=O)C2CC(C)CCC2C(C)C)c(N)c1.